The van der Waals surface area contributed by atoms with E-state index in [4.69, 9.17) is 16.0 Å². The third-order valence-corrected chi connectivity index (χ3v) is 4.68. The van der Waals surface area contributed by atoms with E-state index in [-0.39, 0.29) is 0 Å². The molecule has 0 amide bonds. The first-order valence-electron chi connectivity index (χ1n) is 7.76. The topological polar surface area (TPSA) is 42.2 Å². The summed E-state index contributed by atoms with van der Waals surface area (Å²) in [5.74, 6) is 1.69. The first kappa shape index (κ1) is 13.8. The summed E-state index contributed by atoms with van der Waals surface area (Å²) in [5, 5.41) is 1.65. The van der Waals surface area contributed by atoms with Gasteiger partial charge in [-0.25, -0.2) is 9.97 Å². The lowest BCUT2D eigenvalue weighted by Crippen LogP contribution is -2.38. The number of anilines is 1. The molecule has 1 aromatic carbocycles. The fraction of sp³-hybridized carbons (Fsp3) is 0.412. The fourth-order valence-electron chi connectivity index (χ4n) is 3.32. The van der Waals surface area contributed by atoms with E-state index < -0.39 is 0 Å². The van der Waals surface area contributed by atoms with Gasteiger partial charge in [-0.2, -0.15) is 0 Å². The van der Waals surface area contributed by atoms with Crippen LogP contribution < -0.4 is 4.90 Å². The quantitative estimate of drug-likeness (QED) is 0.652. The van der Waals surface area contributed by atoms with Gasteiger partial charge in [-0.1, -0.05) is 11.6 Å². The Morgan fingerprint density at radius 3 is 2.95 bits per heavy atom. The van der Waals surface area contributed by atoms with Gasteiger partial charge >= 0.3 is 0 Å². The van der Waals surface area contributed by atoms with E-state index in [1.165, 1.54) is 19.3 Å². The van der Waals surface area contributed by atoms with Crippen molar-refractivity contribution in [3.63, 3.8) is 0 Å². The zero-order chi connectivity index (χ0) is 15.3. The van der Waals surface area contributed by atoms with Gasteiger partial charge in [-0.15, -0.1) is 0 Å². The van der Waals surface area contributed by atoms with Crippen LogP contribution in [0.4, 0.5) is 5.82 Å². The maximum Gasteiger partial charge on any atom is 0.196 e. The van der Waals surface area contributed by atoms with Crippen molar-refractivity contribution < 1.29 is 4.42 Å². The zero-order valence-electron chi connectivity index (χ0n) is 12.8. The Bertz CT molecular complexity index is 858. The molecule has 1 fully saturated rings. The van der Waals surface area contributed by atoms with Crippen LogP contribution in [-0.2, 0) is 0 Å². The predicted octanol–water partition coefficient (Wildman–Crippen LogP) is 4.72. The molecule has 0 saturated carbocycles. The summed E-state index contributed by atoms with van der Waals surface area (Å²) in [6, 6.07) is 6.13. The van der Waals surface area contributed by atoms with Crippen LogP contribution in [0.1, 0.15) is 32.0 Å². The van der Waals surface area contributed by atoms with Crippen LogP contribution in [0.15, 0.2) is 22.6 Å². The van der Waals surface area contributed by atoms with E-state index in [0.29, 0.717) is 11.1 Å². The van der Waals surface area contributed by atoms with Gasteiger partial charge in [0, 0.05) is 23.0 Å². The fourth-order valence-corrected chi connectivity index (χ4v) is 3.49. The van der Waals surface area contributed by atoms with Crippen molar-refractivity contribution in [1.29, 1.82) is 0 Å². The van der Waals surface area contributed by atoms with Gasteiger partial charge in [-0.05, 0) is 51.3 Å². The van der Waals surface area contributed by atoms with Crippen molar-refractivity contribution in [3.05, 3.63) is 29.0 Å². The largest absolute Gasteiger partial charge is 0.450 e. The summed E-state index contributed by atoms with van der Waals surface area (Å²) in [6.07, 6.45) is 3.66. The van der Waals surface area contributed by atoms with Crippen molar-refractivity contribution in [2.45, 2.75) is 39.2 Å². The van der Waals surface area contributed by atoms with Crippen LogP contribution >= 0.6 is 11.6 Å². The van der Waals surface area contributed by atoms with Crippen molar-refractivity contribution >= 4 is 39.5 Å². The first-order valence-corrected chi connectivity index (χ1v) is 8.14. The number of rotatable bonds is 1. The monoisotopic (exact) mass is 315 g/mol. The van der Waals surface area contributed by atoms with Crippen LogP contribution in [0.3, 0.4) is 0 Å². The van der Waals surface area contributed by atoms with Gasteiger partial charge in [0.15, 0.2) is 11.4 Å². The van der Waals surface area contributed by atoms with E-state index >= 15 is 0 Å². The number of hydrogen-bond donors (Lipinski definition) is 0. The average molecular weight is 316 g/mol. The third kappa shape index (κ3) is 2.13. The maximum absolute atomic E-state index is 6.13. The second-order valence-electron chi connectivity index (χ2n) is 6.05. The number of aromatic nitrogens is 2. The molecule has 3 aromatic rings. The standard InChI is InChI=1S/C17H18ClN3O/c1-10-5-3-4-8-21(10)17-16-15(19-11(2)20-17)13-9-12(18)6-7-14(13)22-16/h6-7,9-10H,3-5,8H2,1-2H3/t10-/m0/s1. The van der Waals surface area contributed by atoms with Crippen molar-refractivity contribution in [1.82, 2.24) is 9.97 Å². The molecule has 1 aliphatic rings. The second kappa shape index (κ2) is 5.13. The number of furan rings is 1. The van der Waals surface area contributed by atoms with Gasteiger partial charge in [-0.3, -0.25) is 0 Å². The Hall–Kier alpha value is -1.81. The average Bonchev–Trinajstić information content (AvgIpc) is 2.85. The third-order valence-electron chi connectivity index (χ3n) is 4.44. The minimum absolute atomic E-state index is 0.475. The number of benzene rings is 1. The number of aryl methyl sites for hydroxylation is 1. The predicted molar refractivity (Wildman–Crippen MR) is 89.7 cm³/mol. The zero-order valence-corrected chi connectivity index (χ0v) is 13.5. The Labute approximate surface area is 134 Å². The Morgan fingerprint density at radius 1 is 1.27 bits per heavy atom. The van der Waals surface area contributed by atoms with E-state index in [1.807, 2.05) is 25.1 Å². The molecule has 2 aromatic heterocycles. The number of piperidine rings is 1. The molecule has 3 heterocycles. The molecule has 114 valence electrons. The smallest absolute Gasteiger partial charge is 0.196 e. The normalized spacial score (nSPS) is 19.2. The van der Waals surface area contributed by atoms with Gasteiger partial charge in [0.2, 0.25) is 0 Å². The summed E-state index contributed by atoms with van der Waals surface area (Å²) < 4.78 is 6.07. The van der Waals surface area contributed by atoms with Crippen molar-refractivity contribution in [3.8, 4) is 0 Å². The molecule has 1 atom stereocenters. The molecular formula is C17H18ClN3O. The lowest BCUT2D eigenvalue weighted by molar-refractivity contribution is 0.479. The van der Waals surface area contributed by atoms with Gasteiger partial charge < -0.3 is 9.32 Å². The maximum atomic E-state index is 6.13. The minimum Gasteiger partial charge on any atom is -0.450 e. The molecule has 1 aliphatic heterocycles. The highest BCUT2D eigenvalue weighted by molar-refractivity contribution is 6.31. The summed E-state index contributed by atoms with van der Waals surface area (Å²) in [5.41, 5.74) is 2.44. The number of nitrogens with zero attached hydrogens (tertiary/aromatic N) is 3. The summed E-state index contributed by atoms with van der Waals surface area (Å²) in [6.45, 7) is 5.20. The molecule has 4 nitrogen and oxygen atoms in total. The Kier molecular flexibility index (Phi) is 3.22. The van der Waals surface area contributed by atoms with Crippen molar-refractivity contribution in [2.75, 3.05) is 11.4 Å². The minimum atomic E-state index is 0.475. The molecule has 1 saturated heterocycles. The second-order valence-corrected chi connectivity index (χ2v) is 6.49. The van der Waals surface area contributed by atoms with Crippen LogP contribution in [0.2, 0.25) is 5.02 Å². The van der Waals surface area contributed by atoms with Crippen LogP contribution in [0.25, 0.3) is 22.1 Å². The lowest BCUT2D eigenvalue weighted by atomic mass is 10.0. The summed E-state index contributed by atoms with van der Waals surface area (Å²) in [7, 11) is 0. The highest BCUT2D eigenvalue weighted by Crippen LogP contribution is 2.36. The van der Waals surface area contributed by atoms with Crippen molar-refractivity contribution in [2.24, 2.45) is 0 Å². The SMILES string of the molecule is Cc1nc(N2CCCC[C@@H]2C)c2oc3ccc(Cl)cc3c2n1. The first-order chi connectivity index (χ1) is 10.6. The number of halogens is 1. The highest BCUT2D eigenvalue weighted by atomic mass is 35.5. The van der Waals surface area contributed by atoms with E-state index in [2.05, 4.69) is 21.8 Å². The van der Waals surface area contributed by atoms with Gasteiger partial charge in [0.05, 0.1) is 0 Å². The molecular weight excluding hydrogens is 298 g/mol. The Morgan fingerprint density at radius 2 is 2.14 bits per heavy atom. The lowest BCUT2D eigenvalue weighted by Gasteiger charge is -2.34. The summed E-state index contributed by atoms with van der Waals surface area (Å²) >= 11 is 6.13. The molecule has 4 rings (SSSR count). The molecule has 0 aliphatic carbocycles. The molecule has 0 bridgehead atoms. The van der Waals surface area contributed by atoms with Crippen LogP contribution in [0, 0.1) is 6.92 Å². The Balaban J connectivity index is 2.00. The highest BCUT2D eigenvalue weighted by Gasteiger charge is 2.25. The molecule has 0 radical (unpaired) electrons. The molecule has 0 N–H and O–H groups in total. The molecule has 22 heavy (non-hydrogen) atoms. The molecule has 5 heteroatoms. The van der Waals surface area contributed by atoms with Gasteiger partial charge in [0.1, 0.15) is 16.9 Å². The van der Waals surface area contributed by atoms with E-state index in [1.54, 1.807) is 0 Å². The van der Waals surface area contributed by atoms with Gasteiger partial charge in [0.25, 0.3) is 0 Å². The van der Waals surface area contributed by atoms with E-state index in [0.717, 1.165) is 40.3 Å². The summed E-state index contributed by atoms with van der Waals surface area (Å²) in [4.78, 5) is 11.6. The van der Waals surface area contributed by atoms with E-state index in [9.17, 15) is 0 Å². The number of fused-ring (bicyclic) bond motifs is 3. The molecule has 0 spiro atoms. The molecule has 0 unspecified atom stereocenters. The number of hydrogen-bond acceptors (Lipinski definition) is 4. The van der Waals surface area contributed by atoms with Crippen LogP contribution in [-0.4, -0.2) is 22.6 Å². The van der Waals surface area contributed by atoms with Crippen LogP contribution in [0.5, 0.6) is 0 Å².